The van der Waals surface area contributed by atoms with Crippen molar-refractivity contribution in [3.8, 4) is 0 Å². The molecule has 0 saturated heterocycles. The predicted molar refractivity (Wildman–Crippen MR) is 110 cm³/mol. The highest BCUT2D eigenvalue weighted by Gasteiger charge is 2.22. The van der Waals surface area contributed by atoms with E-state index in [1.54, 1.807) is 12.1 Å². The number of esters is 1. The molecule has 132 valence electrons. The second-order valence-corrected chi connectivity index (χ2v) is 6.91. The van der Waals surface area contributed by atoms with Crippen LogP contribution in [0, 0.1) is 0 Å². The Morgan fingerprint density at radius 2 is 1.70 bits per heavy atom. The van der Waals surface area contributed by atoms with Crippen molar-refractivity contribution in [2.75, 3.05) is 7.11 Å². The molecule has 0 radical (unpaired) electrons. The first-order valence-electron chi connectivity index (χ1n) is 8.37. The molecule has 1 aliphatic heterocycles. The number of fused-ring (bicyclic) bond motifs is 1. The normalized spacial score (nSPS) is 14.0. The number of nitrogens with zero attached hydrogens (tertiary/aromatic N) is 2. The molecule has 0 saturated carbocycles. The summed E-state index contributed by atoms with van der Waals surface area (Å²) in [5, 5.41) is 0. The Kier molecular flexibility index (Phi) is 4.69. The van der Waals surface area contributed by atoms with Crippen molar-refractivity contribution in [2.45, 2.75) is 0 Å². The van der Waals surface area contributed by atoms with Crippen LogP contribution < -0.4 is 0 Å². The maximum atomic E-state index is 11.7. The Morgan fingerprint density at radius 1 is 0.963 bits per heavy atom. The number of methoxy groups -OCH3 is 1. The van der Waals surface area contributed by atoms with Crippen LogP contribution >= 0.6 is 15.9 Å². The lowest BCUT2D eigenvalue weighted by atomic mass is 9.99. The van der Waals surface area contributed by atoms with Gasteiger partial charge in [-0.05, 0) is 30.3 Å². The molecule has 3 aromatic rings. The number of hydrogen-bond acceptors (Lipinski definition) is 3. The molecule has 1 aliphatic rings. The number of carbonyl (C=O) groups excluding carboxylic acids is 1. The second-order valence-electron chi connectivity index (χ2n) is 5.99. The molecule has 0 fully saturated rings. The van der Waals surface area contributed by atoms with E-state index in [9.17, 15) is 4.79 Å². The third kappa shape index (κ3) is 3.46. The molecule has 0 N–H and O–H groups in total. The molecule has 0 unspecified atom stereocenters. The summed E-state index contributed by atoms with van der Waals surface area (Å²) in [5.41, 5.74) is 5.13. The molecule has 0 spiro atoms. The first kappa shape index (κ1) is 17.4. The van der Waals surface area contributed by atoms with Crippen LogP contribution in [-0.2, 0) is 4.74 Å². The zero-order valence-electron chi connectivity index (χ0n) is 14.5. The van der Waals surface area contributed by atoms with E-state index >= 15 is 0 Å². The minimum atomic E-state index is -0.354. The van der Waals surface area contributed by atoms with Gasteiger partial charge in [-0.15, -0.1) is 0 Å². The third-order valence-corrected chi connectivity index (χ3v) is 4.76. The molecule has 0 aromatic heterocycles. The smallest absolute Gasteiger partial charge is 0.337 e. The summed E-state index contributed by atoms with van der Waals surface area (Å²) in [7, 11) is 1.37. The summed E-state index contributed by atoms with van der Waals surface area (Å²) < 4.78 is 5.73. The average Bonchev–Trinajstić information content (AvgIpc) is 3.06. The van der Waals surface area contributed by atoms with E-state index in [4.69, 9.17) is 14.7 Å². The fourth-order valence-corrected chi connectivity index (χ4v) is 3.35. The standard InChI is InChI=1S/C22H15BrN2O2/c1-27-22(26)15-11-9-14(10-12-15)20-18-7-2-3-8-19(18)21(25-20)24-17-6-4-5-16(23)13-17/h2-13H,1H3. The van der Waals surface area contributed by atoms with Crippen molar-refractivity contribution in [3.05, 3.63) is 99.5 Å². The first-order chi connectivity index (χ1) is 13.2. The fourth-order valence-electron chi connectivity index (χ4n) is 2.97. The lowest BCUT2D eigenvalue weighted by Crippen LogP contribution is -2.04. The molecule has 5 heteroatoms. The number of halogens is 1. The van der Waals surface area contributed by atoms with Gasteiger partial charge < -0.3 is 4.74 Å². The van der Waals surface area contributed by atoms with Crippen LogP contribution in [0.1, 0.15) is 27.0 Å². The topological polar surface area (TPSA) is 51.0 Å². The molecule has 4 rings (SSSR count). The van der Waals surface area contributed by atoms with E-state index in [2.05, 4.69) is 15.9 Å². The van der Waals surface area contributed by atoms with Gasteiger partial charge in [0.25, 0.3) is 0 Å². The molecule has 0 aliphatic carbocycles. The maximum absolute atomic E-state index is 11.7. The van der Waals surface area contributed by atoms with Gasteiger partial charge in [-0.2, -0.15) is 0 Å². The van der Waals surface area contributed by atoms with Gasteiger partial charge in [0, 0.05) is 21.2 Å². The maximum Gasteiger partial charge on any atom is 0.337 e. The first-order valence-corrected chi connectivity index (χ1v) is 9.16. The average molecular weight is 419 g/mol. The van der Waals surface area contributed by atoms with Crippen LogP contribution in [0.25, 0.3) is 0 Å². The van der Waals surface area contributed by atoms with Crippen molar-refractivity contribution in [3.63, 3.8) is 0 Å². The Balaban J connectivity index is 1.78. The third-order valence-electron chi connectivity index (χ3n) is 4.26. The summed E-state index contributed by atoms with van der Waals surface area (Å²) in [6.45, 7) is 0. The SMILES string of the molecule is COC(=O)c1ccc(C2=NC(=Nc3cccc(Br)c3)c3ccccc32)cc1. The quantitative estimate of drug-likeness (QED) is 0.551. The largest absolute Gasteiger partial charge is 0.465 e. The lowest BCUT2D eigenvalue weighted by molar-refractivity contribution is 0.0600. The second kappa shape index (κ2) is 7.29. The molecule has 27 heavy (non-hydrogen) atoms. The summed E-state index contributed by atoms with van der Waals surface area (Å²) in [5.74, 6) is 0.322. The molecule has 0 amide bonds. The van der Waals surface area contributed by atoms with Gasteiger partial charge in [-0.25, -0.2) is 14.8 Å². The van der Waals surface area contributed by atoms with E-state index < -0.39 is 0 Å². The molecule has 4 nitrogen and oxygen atoms in total. The number of amidine groups is 1. The van der Waals surface area contributed by atoms with E-state index in [-0.39, 0.29) is 5.97 Å². The molecule has 0 atom stereocenters. The van der Waals surface area contributed by atoms with Crippen LogP contribution in [0.4, 0.5) is 5.69 Å². The highest BCUT2D eigenvalue weighted by molar-refractivity contribution is 9.10. The van der Waals surface area contributed by atoms with Crippen LogP contribution in [0.15, 0.2) is 87.3 Å². The Hall–Kier alpha value is -3.05. The van der Waals surface area contributed by atoms with Crippen molar-refractivity contribution < 1.29 is 9.53 Å². The molecule has 1 heterocycles. The van der Waals surface area contributed by atoms with E-state index in [0.29, 0.717) is 11.4 Å². The van der Waals surface area contributed by atoms with Crippen molar-refractivity contribution >= 4 is 39.1 Å². The Labute approximate surface area is 165 Å². The number of rotatable bonds is 3. The molecular weight excluding hydrogens is 404 g/mol. The van der Waals surface area contributed by atoms with Gasteiger partial charge in [-0.3, -0.25) is 0 Å². The monoisotopic (exact) mass is 418 g/mol. The van der Waals surface area contributed by atoms with Gasteiger partial charge in [-0.1, -0.05) is 58.4 Å². The van der Waals surface area contributed by atoms with E-state index in [0.717, 1.165) is 32.6 Å². The number of benzene rings is 3. The minimum Gasteiger partial charge on any atom is -0.465 e. The van der Waals surface area contributed by atoms with Gasteiger partial charge >= 0.3 is 5.97 Å². The number of hydrogen-bond donors (Lipinski definition) is 0. The zero-order chi connectivity index (χ0) is 18.8. The summed E-state index contributed by atoms with van der Waals surface area (Å²) in [4.78, 5) is 21.2. The van der Waals surface area contributed by atoms with Crippen molar-refractivity contribution in [1.82, 2.24) is 0 Å². The lowest BCUT2D eigenvalue weighted by Gasteiger charge is -2.04. The van der Waals surface area contributed by atoms with E-state index in [1.807, 2.05) is 60.7 Å². The van der Waals surface area contributed by atoms with Crippen LogP contribution in [-0.4, -0.2) is 24.6 Å². The van der Waals surface area contributed by atoms with Gasteiger partial charge in [0.05, 0.1) is 24.1 Å². The number of carbonyl (C=O) groups is 1. The van der Waals surface area contributed by atoms with Crippen LogP contribution in [0.3, 0.4) is 0 Å². The van der Waals surface area contributed by atoms with Crippen molar-refractivity contribution in [2.24, 2.45) is 9.98 Å². The van der Waals surface area contributed by atoms with E-state index in [1.165, 1.54) is 7.11 Å². The Bertz CT molecular complexity index is 1090. The number of ether oxygens (including phenoxy) is 1. The predicted octanol–water partition coefficient (Wildman–Crippen LogP) is 5.17. The minimum absolute atomic E-state index is 0.354. The highest BCUT2D eigenvalue weighted by atomic mass is 79.9. The van der Waals surface area contributed by atoms with Gasteiger partial charge in [0.1, 0.15) is 0 Å². The molecular formula is C22H15BrN2O2. The van der Waals surface area contributed by atoms with Gasteiger partial charge in [0.2, 0.25) is 0 Å². The zero-order valence-corrected chi connectivity index (χ0v) is 16.1. The fraction of sp³-hybridized carbons (Fsp3) is 0.0455. The number of aliphatic imine (C=N–C) groups is 2. The highest BCUT2D eigenvalue weighted by Crippen LogP contribution is 2.27. The van der Waals surface area contributed by atoms with Gasteiger partial charge in [0.15, 0.2) is 5.84 Å². The Morgan fingerprint density at radius 3 is 2.41 bits per heavy atom. The summed E-state index contributed by atoms with van der Waals surface area (Å²) in [6.07, 6.45) is 0. The summed E-state index contributed by atoms with van der Waals surface area (Å²) in [6, 6.07) is 23.1. The van der Waals surface area contributed by atoms with Crippen LogP contribution in [0.2, 0.25) is 0 Å². The van der Waals surface area contributed by atoms with Crippen molar-refractivity contribution in [1.29, 1.82) is 0 Å². The molecule has 3 aromatic carbocycles. The summed E-state index contributed by atoms with van der Waals surface area (Å²) >= 11 is 3.47. The van der Waals surface area contributed by atoms with Crippen LogP contribution in [0.5, 0.6) is 0 Å². The molecule has 0 bridgehead atoms.